The monoisotopic (exact) mass is 314 g/mol. The number of oxazole rings is 1. The molecule has 1 fully saturated rings. The van der Waals surface area contributed by atoms with Gasteiger partial charge in [-0.25, -0.2) is 4.98 Å². The molecular weight excluding hydrogens is 292 g/mol. The third-order valence-electron chi connectivity index (χ3n) is 4.07. The Bertz CT molecular complexity index is 660. The van der Waals surface area contributed by atoms with Crippen molar-refractivity contribution in [1.82, 2.24) is 9.88 Å². The number of likely N-dealkylation sites (N-methyl/N-ethyl adjacent to an activating group) is 1. The Morgan fingerprint density at radius 2 is 2.09 bits per heavy atom. The van der Waals surface area contributed by atoms with Crippen molar-refractivity contribution in [3.05, 3.63) is 41.9 Å². The molecule has 5 heteroatoms. The molecule has 5 nitrogen and oxygen atoms in total. The summed E-state index contributed by atoms with van der Waals surface area (Å²) in [5.74, 6) is 0.897. The van der Waals surface area contributed by atoms with E-state index in [1.54, 1.807) is 18.9 Å². The van der Waals surface area contributed by atoms with Crippen LogP contribution in [-0.4, -0.2) is 42.1 Å². The third kappa shape index (κ3) is 3.62. The predicted molar refractivity (Wildman–Crippen MR) is 87.2 cm³/mol. The van der Waals surface area contributed by atoms with Crippen LogP contribution in [0.1, 0.15) is 35.6 Å². The SMILES string of the molecule is Cc1nc(C(=O)N(C)C[C@@H]2CCCCO2)c(-c2ccccc2)o1. The molecule has 1 saturated heterocycles. The second kappa shape index (κ2) is 6.96. The van der Waals surface area contributed by atoms with Gasteiger partial charge in [0.15, 0.2) is 17.3 Å². The van der Waals surface area contributed by atoms with E-state index in [0.29, 0.717) is 23.9 Å². The van der Waals surface area contributed by atoms with Gasteiger partial charge in [0.2, 0.25) is 0 Å². The van der Waals surface area contributed by atoms with Crippen LogP contribution in [0.5, 0.6) is 0 Å². The summed E-state index contributed by atoms with van der Waals surface area (Å²) < 4.78 is 11.4. The molecule has 1 aromatic heterocycles. The summed E-state index contributed by atoms with van der Waals surface area (Å²) in [5.41, 5.74) is 1.23. The van der Waals surface area contributed by atoms with Crippen molar-refractivity contribution in [3.8, 4) is 11.3 Å². The molecule has 1 amide bonds. The molecule has 2 heterocycles. The number of amides is 1. The lowest BCUT2D eigenvalue weighted by atomic mass is 10.1. The highest BCUT2D eigenvalue weighted by atomic mass is 16.5. The summed E-state index contributed by atoms with van der Waals surface area (Å²) in [7, 11) is 1.79. The van der Waals surface area contributed by atoms with E-state index in [0.717, 1.165) is 31.4 Å². The zero-order chi connectivity index (χ0) is 16.2. The maximum absolute atomic E-state index is 12.8. The van der Waals surface area contributed by atoms with Gasteiger partial charge in [-0.1, -0.05) is 30.3 Å². The number of carbonyl (C=O) groups excluding carboxylic acids is 1. The van der Waals surface area contributed by atoms with Crippen LogP contribution < -0.4 is 0 Å². The fourth-order valence-electron chi connectivity index (χ4n) is 2.88. The van der Waals surface area contributed by atoms with Crippen LogP contribution in [0.3, 0.4) is 0 Å². The summed E-state index contributed by atoms with van der Waals surface area (Å²) in [5, 5.41) is 0. The van der Waals surface area contributed by atoms with Crippen molar-refractivity contribution in [1.29, 1.82) is 0 Å². The molecule has 0 radical (unpaired) electrons. The molecule has 1 aliphatic rings. The largest absolute Gasteiger partial charge is 0.440 e. The summed E-state index contributed by atoms with van der Waals surface area (Å²) in [6.07, 6.45) is 3.38. The lowest BCUT2D eigenvalue weighted by molar-refractivity contribution is -0.000275. The number of aryl methyl sites for hydroxylation is 1. The second-order valence-corrected chi connectivity index (χ2v) is 5.95. The minimum absolute atomic E-state index is 0.117. The van der Waals surface area contributed by atoms with Crippen LogP contribution in [0.15, 0.2) is 34.7 Å². The lowest BCUT2D eigenvalue weighted by Crippen LogP contribution is -2.37. The molecule has 0 bridgehead atoms. The fourth-order valence-corrected chi connectivity index (χ4v) is 2.88. The maximum atomic E-state index is 12.8. The Labute approximate surface area is 136 Å². The Hall–Kier alpha value is -2.14. The van der Waals surface area contributed by atoms with E-state index < -0.39 is 0 Å². The van der Waals surface area contributed by atoms with E-state index in [1.165, 1.54) is 0 Å². The topological polar surface area (TPSA) is 55.6 Å². The number of aromatic nitrogens is 1. The number of hydrogen-bond acceptors (Lipinski definition) is 4. The van der Waals surface area contributed by atoms with Crippen LogP contribution in [0.4, 0.5) is 0 Å². The Kier molecular flexibility index (Phi) is 4.76. The van der Waals surface area contributed by atoms with Gasteiger partial charge in [-0.3, -0.25) is 4.79 Å². The maximum Gasteiger partial charge on any atom is 0.276 e. The number of carbonyl (C=O) groups is 1. The Balaban J connectivity index is 1.79. The minimum Gasteiger partial charge on any atom is -0.440 e. The first kappa shape index (κ1) is 15.7. The number of hydrogen-bond donors (Lipinski definition) is 0. The second-order valence-electron chi connectivity index (χ2n) is 5.95. The van der Waals surface area contributed by atoms with Gasteiger partial charge < -0.3 is 14.1 Å². The minimum atomic E-state index is -0.130. The molecule has 0 spiro atoms. The number of rotatable bonds is 4. The van der Waals surface area contributed by atoms with Gasteiger partial charge in [0.05, 0.1) is 6.10 Å². The summed E-state index contributed by atoms with van der Waals surface area (Å²) in [6.45, 7) is 3.12. The molecule has 23 heavy (non-hydrogen) atoms. The number of nitrogens with zero attached hydrogens (tertiary/aromatic N) is 2. The zero-order valence-electron chi connectivity index (χ0n) is 13.6. The molecule has 122 valence electrons. The molecule has 0 N–H and O–H groups in total. The van der Waals surface area contributed by atoms with Crippen LogP contribution >= 0.6 is 0 Å². The van der Waals surface area contributed by atoms with E-state index in [1.807, 2.05) is 30.3 Å². The molecule has 2 aromatic rings. The van der Waals surface area contributed by atoms with Gasteiger partial charge in [0.25, 0.3) is 5.91 Å². The van der Waals surface area contributed by atoms with Crippen molar-refractivity contribution in [3.63, 3.8) is 0 Å². The van der Waals surface area contributed by atoms with Crippen molar-refractivity contribution in [2.75, 3.05) is 20.2 Å². The molecule has 3 rings (SSSR count). The van der Waals surface area contributed by atoms with E-state index in [2.05, 4.69) is 4.98 Å². The first-order valence-electron chi connectivity index (χ1n) is 8.05. The van der Waals surface area contributed by atoms with Gasteiger partial charge in [-0.2, -0.15) is 0 Å². The van der Waals surface area contributed by atoms with E-state index in [-0.39, 0.29) is 12.0 Å². The van der Waals surface area contributed by atoms with Gasteiger partial charge in [0, 0.05) is 32.7 Å². The molecule has 1 atom stereocenters. The van der Waals surface area contributed by atoms with Crippen LogP contribution in [0.25, 0.3) is 11.3 Å². The van der Waals surface area contributed by atoms with Crippen molar-refractivity contribution in [2.24, 2.45) is 0 Å². The smallest absolute Gasteiger partial charge is 0.276 e. The van der Waals surface area contributed by atoms with Crippen molar-refractivity contribution in [2.45, 2.75) is 32.3 Å². The number of ether oxygens (including phenoxy) is 1. The highest BCUT2D eigenvalue weighted by molar-refractivity contribution is 5.97. The molecule has 0 unspecified atom stereocenters. The van der Waals surface area contributed by atoms with Crippen molar-refractivity contribution < 1.29 is 13.9 Å². The van der Waals surface area contributed by atoms with Gasteiger partial charge in [0.1, 0.15) is 0 Å². The lowest BCUT2D eigenvalue weighted by Gasteiger charge is -2.27. The average Bonchev–Trinajstić information content (AvgIpc) is 2.97. The van der Waals surface area contributed by atoms with Crippen LogP contribution in [0, 0.1) is 6.92 Å². The predicted octanol–water partition coefficient (Wildman–Crippen LogP) is 3.29. The van der Waals surface area contributed by atoms with Gasteiger partial charge >= 0.3 is 0 Å². The summed E-state index contributed by atoms with van der Waals surface area (Å²) in [4.78, 5) is 18.8. The molecule has 1 aliphatic heterocycles. The Morgan fingerprint density at radius 3 is 2.78 bits per heavy atom. The summed E-state index contributed by atoms with van der Waals surface area (Å²) >= 11 is 0. The normalized spacial score (nSPS) is 17.9. The number of benzene rings is 1. The molecule has 1 aromatic carbocycles. The zero-order valence-corrected chi connectivity index (χ0v) is 13.6. The van der Waals surface area contributed by atoms with E-state index in [9.17, 15) is 4.79 Å². The van der Waals surface area contributed by atoms with Crippen molar-refractivity contribution >= 4 is 5.91 Å². The summed E-state index contributed by atoms with van der Waals surface area (Å²) in [6, 6.07) is 9.60. The molecule has 0 saturated carbocycles. The average molecular weight is 314 g/mol. The van der Waals surface area contributed by atoms with E-state index in [4.69, 9.17) is 9.15 Å². The first-order valence-corrected chi connectivity index (χ1v) is 8.05. The third-order valence-corrected chi connectivity index (χ3v) is 4.07. The quantitative estimate of drug-likeness (QED) is 0.869. The Morgan fingerprint density at radius 1 is 1.30 bits per heavy atom. The van der Waals surface area contributed by atoms with E-state index >= 15 is 0 Å². The molecule has 0 aliphatic carbocycles. The van der Waals surface area contributed by atoms with Gasteiger partial charge in [-0.05, 0) is 19.3 Å². The van der Waals surface area contributed by atoms with Crippen LogP contribution in [0.2, 0.25) is 0 Å². The highest BCUT2D eigenvalue weighted by Gasteiger charge is 2.25. The molecular formula is C18H22N2O3. The highest BCUT2D eigenvalue weighted by Crippen LogP contribution is 2.26. The standard InChI is InChI=1S/C18H22N2O3/c1-13-19-16(17(23-13)14-8-4-3-5-9-14)18(21)20(2)12-15-10-6-7-11-22-15/h3-5,8-9,15H,6-7,10-12H2,1-2H3/t15-/m0/s1. The first-order chi connectivity index (χ1) is 11.1. The van der Waals surface area contributed by atoms with Gasteiger partial charge in [-0.15, -0.1) is 0 Å². The fraction of sp³-hybridized carbons (Fsp3) is 0.444. The van der Waals surface area contributed by atoms with Crippen LogP contribution in [-0.2, 0) is 4.74 Å².